The smallest absolute Gasteiger partial charge is 0.405 e. The minimum atomic E-state index is -4.49. The van der Waals surface area contributed by atoms with E-state index in [0.29, 0.717) is 30.5 Å². The van der Waals surface area contributed by atoms with Gasteiger partial charge in [-0.1, -0.05) is 18.2 Å². The summed E-state index contributed by atoms with van der Waals surface area (Å²) in [5.74, 6) is -1.15. The minimum Gasteiger partial charge on any atom is -0.451 e. The molecule has 0 saturated carbocycles. The Bertz CT molecular complexity index is 813. The molecular formula is C17H17F3N2O3. The number of nitrogens with one attached hydrogen (secondary N) is 1. The van der Waals surface area contributed by atoms with Crippen molar-refractivity contribution in [2.45, 2.75) is 32.0 Å². The maximum absolute atomic E-state index is 12.8. The van der Waals surface area contributed by atoms with Crippen LogP contribution in [0.5, 0.6) is 0 Å². The molecule has 2 amide bonds. The summed E-state index contributed by atoms with van der Waals surface area (Å²) in [6, 6.07) is 6.24. The number of hydrogen-bond acceptors (Lipinski definition) is 3. The van der Waals surface area contributed by atoms with Crippen molar-refractivity contribution in [3.8, 4) is 0 Å². The third-order valence-corrected chi connectivity index (χ3v) is 4.32. The van der Waals surface area contributed by atoms with Gasteiger partial charge in [-0.05, 0) is 25.8 Å². The van der Waals surface area contributed by atoms with Crippen LogP contribution in [0.25, 0.3) is 11.0 Å². The zero-order valence-electron chi connectivity index (χ0n) is 13.5. The van der Waals surface area contributed by atoms with Crippen LogP contribution in [0.4, 0.5) is 13.2 Å². The van der Waals surface area contributed by atoms with E-state index >= 15 is 0 Å². The Morgan fingerprint density at radius 2 is 2.04 bits per heavy atom. The molecule has 1 aromatic heterocycles. The maximum Gasteiger partial charge on any atom is 0.405 e. The van der Waals surface area contributed by atoms with Gasteiger partial charge in [0.1, 0.15) is 18.2 Å². The highest BCUT2D eigenvalue weighted by Gasteiger charge is 2.38. The van der Waals surface area contributed by atoms with Gasteiger partial charge < -0.3 is 14.6 Å². The van der Waals surface area contributed by atoms with Gasteiger partial charge in [-0.2, -0.15) is 13.2 Å². The molecule has 1 fully saturated rings. The molecule has 2 heterocycles. The molecule has 1 N–H and O–H groups in total. The number of benzene rings is 1. The number of nitrogens with zero attached hydrogens (tertiary/aromatic N) is 1. The van der Waals surface area contributed by atoms with Crippen LogP contribution in [0.2, 0.25) is 0 Å². The number of alkyl halides is 3. The third-order valence-electron chi connectivity index (χ3n) is 4.32. The first kappa shape index (κ1) is 17.3. The zero-order chi connectivity index (χ0) is 18.2. The van der Waals surface area contributed by atoms with Crippen molar-refractivity contribution in [3.05, 3.63) is 35.6 Å². The summed E-state index contributed by atoms with van der Waals surface area (Å²) in [4.78, 5) is 26.1. The molecule has 5 nitrogen and oxygen atoms in total. The van der Waals surface area contributed by atoms with E-state index in [9.17, 15) is 22.8 Å². The number of carbonyl (C=O) groups excluding carboxylic acids is 2. The number of amides is 2. The van der Waals surface area contributed by atoms with E-state index in [2.05, 4.69) is 0 Å². The van der Waals surface area contributed by atoms with E-state index in [0.717, 1.165) is 5.39 Å². The van der Waals surface area contributed by atoms with Gasteiger partial charge in [0.15, 0.2) is 5.76 Å². The van der Waals surface area contributed by atoms with Crippen LogP contribution in [0.3, 0.4) is 0 Å². The largest absolute Gasteiger partial charge is 0.451 e. The molecule has 0 aliphatic carbocycles. The molecule has 134 valence electrons. The number of fused-ring (bicyclic) bond motifs is 1. The van der Waals surface area contributed by atoms with Crippen molar-refractivity contribution in [2.24, 2.45) is 0 Å². The van der Waals surface area contributed by atoms with Gasteiger partial charge in [0.25, 0.3) is 5.91 Å². The van der Waals surface area contributed by atoms with Crippen LogP contribution in [0.15, 0.2) is 28.7 Å². The highest BCUT2D eigenvalue weighted by molar-refractivity contribution is 6.01. The fourth-order valence-electron chi connectivity index (χ4n) is 3.10. The fraction of sp³-hybridized carbons (Fsp3) is 0.412. The van der Waals surface area contributed by atoms with E-state index in [-0.39, 0.29) is 5.76 Å². The Kier molecular flexibility index (Phi) is 4.45. The van der Waals surface area contributed by atoms with E-state index in [4.69, 9.17) is 4.42 Å². The van der Waals surface area contributed by atoms with E-state index < -0.39 is 30.6 Å². The first-order valence-electron chi connectivity index (χ1n) is 7.91. The SMILES string of the molecule is Cc1c(C(=O)N2CCC[C@H]2C(=O)NCC(F)(F)F)oc2ccccc12. The highest BCUT2D eigenvalue weighted by atomic mass is 19.4. The van der Waals surface area contributed by atoms with E-state index in [1.165, 1.54) is 4.90 Å². The first-order chi connectivity index (χ1) is 11.8. The average molecular weight is 354 g/mol. The third kappa shape index (κ3) is 3.47. The lowest BCUT2D eigenvalue weighted by atomic mass is 10.1. The molecule has 25 heavy (non-hydrogen) atoms. The molecule has 8 heteroatoms. The topological polar surface area (TPSA) is 62.6 Å². The van der Waals surface area contributed by atoms with Crippen molar-refractivity contribution >= 4 is 22.8 Å². The normalized spacial score (nSPS) is 17.9. The second kappa shape index (κ2) is 6.42. The van der Waals surface area contributed by atoms with Crippen molar-refractivity contribution in [1.29, 1.82) is 0 Å². The van der Waals surface area contributed by atoms with Crippen molar-refractivity contribution in [1.82, 2.24) is 10.2 Å². The van der Waals surface area contributed by atoms with Crippen LogP contribution >= 0.6 is 0 Å². The molecule has 1 aromatic carbocycles. The van der Waals surface area contributed by atoms with Crippen molar-refractivity contribution < 1.29 is 27.2 Å². The number of rotatable bonds is 3. The van der Waals surface area contributed by atoms with Gasteiger partial charge in [0.2, 0.25) is 5.91 Å². The number of likely N-dealkylation sites (tertiary alicyclic amines) is 1. The molecule has 3 rings (SSSR count). The van der Waals surface area contributed by atoms with Gasteiger partial charge in [-0.25, -0.2) is 0 Å². The molecule has 1 atom stereocenters. The summed E-state index contributed by atoms with van der Waals surface area (Å²) in [5.41, 5.74) is 1.21. The summed E-state index contributed by atoms with van der Waals surface area (Å²) >= 11 is 0. The highest BCUT2D eigenvalue weighted by Crippen LogP contribution is 2.28. The molecule has 1 saturated heterocycles. The predicted molar refractivity (Wildman–Crippen MR) is 84.1 cm³/mol. The Balaban J connectivity index is 1.80. The molecule has 0 bridgehead atoms. The Hall–Kier alpha value is -2.51. The average Bonchev–Trinajstić information content (AvgIpc) is 3.17. The Morgan fingerprint density at radius 1 is 1.32 bits per heavy atom. The van der Waals surface area contributed by atoms with E-state index in [1.807, 2.05) is 17.4 Å². The molecular weight excluding hydrogens is 337 g/mol. The summed E-state index contributed by atoms with van der Waals surface area (Å²) in [6.07, 6.45) is -3.61. The van der Waals surface area contributed by atoms with Crippen LogP contribution in [-0.2, 0) is 4.79 Å². The van der Waals surface area contributed by atoms with Gasteiger partial charge in [0, 0.05) is 17.5 Å². The number of para-hydroxylation sites is 1. The summed E-state index contributed by atoms with van der Waals surface area (Å²) in [5, 5.41) is 2.65. The first-order valence-corrected chi connectivity index (χ1v) is 7.91. The van der Waals surface area contributed by atoms with Crippen LogP contribution < -0.4 is 5.32 Å². The van der Waals surface area contributed by atoms with Gasteiger partial charge in [-0.15, -0.1) is 0 Å². The molecule has 0 unspecified atom stereocenters. The molecule has 0 radical (unpaired) electrons. The molecule has 0 spiro atoms. The monoisotopic (exact) mass is 354 g/mol. The lowest BCUT2D eigenvalue weighted by Gasteiger charge is -2.23. The van der Waals surface area contributed by atoms with Gasteiger partial charge >= 0.3 is 6.18 Å². The molecule has 2 aromatic rings. The lowest BCUT2D eigenvalue weighted by molar-refractivity contribution is -0.140. The standard InChI is InChI=1S/C17H17F3N2O3/c1-10-11-5-2-3-7-13(11)25-14(10)16(24)22-8-4-6-12(22)15(23)21-9-17(18,19)20/h2-3,5,7,12H,4,6,8-9H2,1H3,(H,21,23)/t12-/m0/s1. The summed E-state index contributed by atoms with van der Waals surface area (Å²) < 4.78 is 42.5. The van der Waals surface area contributed by atoms with Gasteiger partial charge in [-0.3, -0.25) is 9.59 Å². The zero-order valence-corrected chi connectivity index (χ0v) is 13.5. The molecule has 1 aliphatic heterocycles. The van der Waals surface area contributed by atoms with Crippen LogP contribution in [-0.4, -0.2) is 42.0 Å². The van der Waals surface area contributed by atoms with E-state index in [1.54, 1.807) is 19.1 Å². The van der Waals surface area contributed by atoms with Crippen molar-refractivity contribution in [2.75, 3.05) is 13.1 Å². The summed E-state index contributed by atoms with van der Waals surface area (Å²) in [7, 11) is 0. The van der Waals surface area contributed by atoms with Gasteiger partial charge in [0.05, 0.1) is 0 Å². The van der Waals surface area contributed by atoms with Crippen LogP contribution in [0, 0.1) is 6.92 Å². The Labute approximate surface area is 141 Å². The number of carbonyl (C=O) groups is 2. The Morgan fingerprint density at radius 3 is 2.72 bits per heavy atom. The predicted octanol–water partition coefficient (Wildman–Crippen LogP) is 3.02. The number of furan rings is 1. The number of halogens is 3. The lowest BCUT2D eigenvalue weighted by Crippen LogP contribution is -2.48. The quantitative estimate of drug-likeness (QED) is 0.922. The number of hydrogen-bond donors (Lipinski definition) is 1. The number of aryl methyl sites for hydroxylation is 1. The summed E-state index contributed by atoms with van der Waals surface area (Å²) in [6.45, 7) is 0.640. The second-order valence-electron chi connectivity index (χ2n) is 6.04. The van der Waals surface area contributed by atoms with Crippen LogP contribution in [0.1, 0.15) is 29.0 Å². The maximum atomic E-state index is 12.8. The fourth-order valence-corrected chi connectivity index (χ4v) is 3.10. The minimum absolute atomic E-state index is 0.122. The molecule has 1 aliphatic rings. The van der Waals surface area contributed by atoms with Crippen molar-refractivity contribution in [3.63, 3.8) is 0 Å². The second-order valence-corrected chi connectivity index (χ2v) is 6.04.